The number of para-hydroxylation sites is 1. The Hall–Kier alpha value is -0.330. The Balaban J connectivity index is 1.85. The molecule has 1 unspecified atom stereocenters. The predicted molar refractivity (Wildman–Crippen MR) is 81.1 cm³/mol. The average molecular weight is 361 g/mol. The van der Waals surface area contributed by atoms with Gasteiger partial charge < -0.3 is 9.47 Å². The zero-order valence-corrected chi connectivity index (χ0v) is 13.1. The highest BCUT2D eigenvalue weighted by Crippen LogP contribution is 2.20. The quantitative estimate of drug-likeness (QED) is 0.770. The molecule has 0 saturated carbocycles. The molecule has 1 aliphatic rings. The number of rotatable bonds is 4. The van der Waals surface area contributed by atoms with E-state index < -0.39 is 0 Å². The first-order chi connectivity index (χ1) is 8.66. The molecule has 2 rings (SSSR count). The fourth-order valence-corrected chi connectivity index (χ4v) is 2.60. The first-order valence-electron chi connectivity index (χ1n) is 6.40. The lowest BCUT2D eigenvalue weighted by atomic mass is 10.2. The zero-order valence-electron chi connectivity index (χ0n) is 10.9. The van der Waals surface area contributed by atoms with Crippen LogP contribution in [-0.2, 0) is 4.74 Å². The second-order valence-electron chi connectivity index (χ2n) is 4.82. The monoisotopic (exact) mass is 361 g/mol. The van der Waals surface area contributed by atoms with Gasteiger partial charge in [-0.2, -0.15) is 0 Å². The zero-order chi connectivity index (χ0) is 13.0. The van der Waals surface area contributed by atoms with Crippen molar-refractivity contribution >= 4 is 22.6 Å². The largest absolute Gasteiger partial charge is 0.490 e. The summed E-state index contributed by atoms with van der Waals surface area (Å²) < 4.78 is 12.7. The van der Waals surface area contributed by atoms with Gasteiger partial charge in [0.1, 0.15) is 18.5 Å². The third-order valence-corrected chi connectivity index (χ3v) is 4.05. The Bertz CT molecular complexity index is 384. The molecule has 100 valence electrons. The maximum Gasteiger partial charge on any atom is 0.132 e. The van der Waals surface area contributed by atoms with Crippen LogP contribution < -0.4 is 4.74 Å². The van der Waals surface area contributed by atoms with E-state index in [0.717, 1.165) is 29.0 Å². The molecule has 1 aromatic rings. The number of ether oxygens (including phenoxy) is 2. The second-order valence-corrected chi connectivity index (χ2v) is 5.99. The van der Waals surface area contributed by atoms with Crippen molar-refractivity contribution in [1.82, 2.24) is 4.90 Å². The first-order valence-corrected chi connectivity index (χ1v) is 7.47. The van der Waals surface area contributed by atoms with Crippen LogP contribution in [-0.4, -0.2) is 43.3 Å². The Morgan fingerprint density at radius 1 is 1.44 bits per heavy atom. The van der Waals surface area contributed by atoms with Crippen LogP contribution >= 0.6 is 22.6 Å². The van der Waals surface area contributed by atoms with Crippen LogP contribution in [0, 0.1) is 3.57 Å². The van der Waals surface area contributed by atoms with Crippen LogP contribution in [0.5, 0.6) is 5.75 Å². The van der Waals surface area contributed by atoms with Crippen LogP contribution in [0.3, 0.4) is 0 Å². The summed E-state index contributed by atoms with van der Waals surface area (Å²) >= 11 is 2.29. The van der Waals surface area contributed by atoms with Gasteiger partial charge in [0, 0.05) is 19.1 Å². The Kier molecular flexibility index (Phi) is 5.26. The predicted octanol–water partition coefficient (Wildman–Crippen LogP) is 2.78. The minimum Gasteiger partial charge on any atom is -0.490 e. The Morgan fingerprint density at radius 2 is 2.22 bits per heavy atom. The number of nitrogens with zero attached hydrogens (tertiary/aromatic N) is 1. The highest BCUT2D eigenvalue weighted by Gasteiger charge is 2.22. The van der Waals surface area contributed by atoms with E-state index in [1.165, 1.54) is 0 Å². The highest BCUT2D eigenvalue weighted by molar-refractivity contribution is 14.1. The van der Waals surface area contributed by atoms with Gasteiger partial charge in [0.2, 0.25) is 0 Å². The topological polar surface area (TPSA) is 21.7 Å². The van der Waals surface area contributed by atoms with Gasteiger partial charge in [0.25, 0.3) is 0 Å². The van der Waals surface area contributed by atoms with Crippen LogP contribution in [0.25, 0.3) is 0 Å². The lowest BCUT2D eigenvalue weighted by molar-refractivity contribution is -0.0565. The molecule has 0 spiro atoms. The fraction of sp³-hybridized carbons (Fsp3) is 0.571. The molecule has 0 amide bonds. The Labute approximate surface area is 123 Å². The van der Waals surface area contributed by atoms with Crippen LogP contribution in [0.4, 0.5) is 0 Å². The first kappa shape index (κ1) is 14.1. The van der Waals surface area contributed by atoms with E-state index >= 15 is 0 Å². The summed E-state index contributed by atoms with van der Waals surface area (Å²) in [6.45, 7) is 7.87. The van der Waals surface area contributed by atoms with Gasteiger partial charge in [0.15, 0.2) is 0 Å². The molecule has 0 radical (unpaired) electrons. The number of hydrogen-bond acceptors (Lipinski definition) is 3. The average Bonchev–Trinajstić information content (AvgIpc) is 2.38. The lowest BCUT2D eigenvalue weighted by Gasteiger charge is -2.35. The molecule has 0 N–H and O–H groups in total. The molecule has 0 aliphatic carbocycles. The molecule has 1 aliphatic heterocycles. The molecular weight excluding hydrogens is 341 g/mol. The van der Waals surface area contributed by atoms with E-state index in [1.54, 1.807) is 0 Å². The minimum absolute atomic E-state index is 0.178. The lowest BCUT2D eigenvalue weighted by Crippen LogP contribution is -2.47. The van der Waals surface area contributed by atoms with E-state index in [-0.39, 0.29) is 6.10 Å². The molecule has 1 aromatic carbocycles. The molecule has 0 aromatic heterocycles. The maximum absolute atomic E-state index is 5.85. The number of morpholine rings is 1. The Morgan fingerprint density at radius 3 is 2.94 bits per heavy atom. The van der Waals surface area contributed by atoms with Crippen molar-refractivity contribution in [3.05, 3.63) is 27.8 Å². The van der Waals surface area contributed by atoms with Gasteiger partial charge in [0.05, 0.1) is 10.2 Å². The van der Waals surface area contributed by atoms with Gasteiger partial charge in [-0.05, 0) is 48.6 Å². The maximum atomic E-state index is 5.85. The molecule has 4 heteroatoms. The fourth-order valence-electron chi connectivity index (χ4n) is 2.06. The van der Waals surface area contributed by atoms with E-state index in [1.807, 2.05) is 18.2 Å². The van der Waals surface area contributed by atoms with Gasteiger partial charge in [-0.25, -0.2) is 0 Å². The normalized spacial score (nSPS) is 21.2. The summed E-state index contributed by atoms with van der Waals surface area (Å²) in [6.07, 6.45) is 0.178. The molecule has 1 saturated heterocycles. The van der Waals surface area contributed by atoms with Crippen molar-refractivity contribution in [2.24, 2.45) is 0 Å². The van der Waals surface area contributed by atoms with E-state index in [0.29, 0.717) is 12.6 Å². The van der Waals surface area contributed by atoms with Crippen molar-refractivity contribution < 1.29 is 9.47 Å². The molecule has 1 heterocycles. The highest BCUT2D eigenvalue weighted by atomic mass is 127. The van der Waals surface area contributed by atoms with E-state index in [9.17, 15) is 0 Å². The van der Waals surface area contributed by atoms with Gasteiger partial charge in [-0.3, -0.25) is 4.90 Å². The molecule has 3 nitrogen and oxygen atoms in total. The van der Waals surface area contributed by atoms with Crippen LogP contribution in [0.15, 0.2) is 24.3 Å². The summed E-state index contributed by atoms with van der Waals surface area (Å²) in [5, 5.41) is 0. The van der Waals surface area contributed by atoms with Crippen LogP contribution in [0.1, 0.15) is 13.8 Å². The summed E-state index contributed by atoms with van der Waals surface area (Å²) in [6, 6.07) is 8.66. The summed E-state index contributed by atoms with van der Waals surface area (Å²) in [5.74, 6) is 0.948. The van der Waals surface area contributed by atoms with E-state index in [4.69, 9.17) is 9.47 Å². The smallest absolute Gasteiger partial charge is 0.132 e. The van der Waals surface area contributed by atoms with Gasteiger partial charge in [-0.1, -0.05) is 12.1 Å². The van der Waals surface area contributed by atoms with Crippen molar-refractivity contribution in [3.63, 3.8) is 0 Å². The molecule has 0 bridgehead atoms. The molecule has 1 atom stereocenters. The van der Waals surface area contributed by atoms with Crippen molar-refractivity contribution in [2.75, 3.05) is 26.3 Å². The van der Waals surface area contributed by atoms with E-state index in [2.05, 4.69) is 47.4 Å². The second kappa shape index (κ2) is 6.73. The summed E-state index contributed by atoms with van der Waals surface area (Å²) in [5.41, 5.74) is 0. The minimum atomic E-state index is 0.178. The van der Waals surface area contributed by atoms with Crippen molar-refractivity contribution in [2.45, 2.75) is 26.0 Å². The number of benzene rings is 1. The summed E-state index contributed by atoms with van der Waals surface area (Å²) in [4.78, 5) is 2.44. The molecular formula is C14H20INO2. The third-order valence-electron chi connectivity index (χ3n) is 3.16. The van der Waals surface area contributed by atoms with Crippen molar-refractivity contribution in [3.8, 4) is 5.75 Å². The molecule has 1 fully saturated rings. The number of halogens is 1. The standard InChI is InChI=1S/C14H20INO2/c1-11(2)16-7-8-17-12(9-16)10-18-14-6-4-3-5-13(14)15/h3-6,11-12H,7-10H2,1-2H3. The number of hydrogen-bond donors (Lipinski definition) is 0. The van der Waals surface area contributed by atoms with Gasteiger partial charge >= 0.3 is 0 Å². The third kappa shape index (κ3) is 3.83. The van der Waals surface area contributed by atoms with Gasteiger partial charge in [-0.15, -0.1) is 0 Å². The summed E-state index contributed by atoms with van der Waals surface area (Å²) in [7, 11) is 0. The van der Waals surface area contributed by atoms with Crippen LogP contribution in [0.2, 0.25) is 0 Å². The SMILES string of the molecule is CC(C)N1CCOC(COc2ccccc2I)C1. The van der Waals surface area contributed by atoms with Crippen molar-refractivity contribution in [1.29, 1.82) is 0 Å². The molecule has 18 heavy (non-hydrogen) atoms.